The van der Waals surface area contributed by atoms with Gasteiger partial charge in [-0.2, -0.15) is 0 Å². The lowest BCUT2D eigenvalue weighted by molar-refractivity contribution is -0.141. The topological polar surface area (TPSA) is 49.4 Å². The molecule has 0 heterocycles. The van der Waals surface area contributed by atoms with Crippen LogP contribution in [0.25, 0.3) is 0 Å². The van der Waals surface area contributed by atoms with Gasteiger partial charge in [0.1, 0.15) is 11.9 Å². The lowest BCUT2D eigenvalue weighted by atomic mass is 10.0. The van der Waals surface area contributed by atoms with Crippen LogP contribution in [-0.4, -0.2) is 28.8 Å². The van der Waals surface area contributed by atoms with E-state index in [4.69, 9.17) is 0 Å². The van der Waals surface area contributed by atoms with Crippen LogP contribution in [-0.2, 0) is 35.4 Å². The summed E-state index contributed by atoms with van der Waals surface area (Å²) in [4.78, 5) is 29.1. The molecule has 0 radical (unpaired) electrons. The van der Waals surface area contributed by atoms with E-state index in [0.717, 1.165) is 48.8 Å². The quantitative estimate of drug-likeness (QED) is 0.350. The van der Waals surface area contributed by atoms with Gasteiger partial charge in [-0.05, 0) is 60.1 Å². The van der Waals surface area contributed by atoms with Crippen LogP contribution < -0.4 is 5.32 Å². The normalized spacial score (nSPS) is 14.3. The van der Waals surface area contributed by atoms with Gasteiger partial charge in [-0.1, -0.05) is 86.5 Å². The van der Waals surface area contributed by atoms with Gasteiger partial charge in [0.05, 0.1) is 0 Å². The van der Waals surface area contributed by atoms with Crippen molar-refractivity contribution in [1.29, 1.82) is 0 Å². The van der Waals surface area contributed by atoms with Crippen molar-refractivity contribution in [3.05, 3.63) is 107 Å². The van der Waals surface area contributed by atoms with E-state index in [1.54, 1.807) is 17.0 Å². The fraction of sp³-hybridized carbons (Fsp3) is 0.375. The van der Waals surface area contributed by atoms with Crippen molar-refractivity contribution in [3.63, 3.8) is 0 Å². The van der Waals surface area contributed by atoms with Gasteiger partial charge < -0.3 is 10.2 Å². The van der Waals surface area contributed by atoms with E-state index in [2.05, 4.69) is 36.5 Å². The Morgan fingerprint density at radius 2 is 1.49 bits per heavy atom. The van der Waals surface area contributed by atoms with Crippen LogP contribution in [0, 0.1) is 5.82 Å². The molecule has 1 atom stereocenters. The minimum absolute atomic E-state index is 0.0774. The fourth-order valence-corrected chi connectivity index (χ4v) is 5.04. The number of carbonyl (C=O) groups is 2. The number of aryl methyl sites for hydroxylation is 2. The maximum Gasteiger partial charge on any atom is 0.243 e. The Morgan fingerprint density at radius 1 is 0.865 bits per heavy atom. The summed E-state index contributed by atoms with van der Waals surface area (Å²) >= 11 is 0. The number of amides is 2. The molecule has 0 aromatic heterocycles. The molecule has 0 aliphatic heterocycles. The van der Waals surface area contributed by atoms with Crippen LogP contribution in [0.15, 0.2) is 78.9 Å². The number of benzene rings is 3. The lowest BCUT2D eigenvalue weighted by Gasteiger charge is -2.32. The van der Waals surface area contributed by atoms with Crippen molar-refractivity contribution in [3.8, 4) is 0 Å². The predicted octanol–water partition coefficient (Wildman–Crippen LogP) is 6.02. The summed E-state index contributed by atoms with van der Waals surface area (Å²) in [6.45, 7) is 2.37. The second-order valence-electron chi connectivity index (χ2n) is 10.0. The maximum absolute atomic E-state index is 13.8. The maximum atomic E-state index is 13.8. The van der Waals surface area contributed by atoms with Gasteiger partial charge in [-0.25, -0.2) is 4.39 Å². The summed E-state index contributed by atoms with van der Waals surface area (Å²) in [5, 5.41) is 3.22. The van der Waals surface area contributed by atoms with Crippen LogP contribution >= 0.6 is 0 Å². The van der Waals surface area contributed by atoms with Gasteiger partial charge in [-0.3, -0.25) is 9.59 Å². The van der Waals surface area contributed by atoms with E-state index in [1.807, 2.05) is 30.3 Å². The summed E-state index contributed by atoms with van der Waals surface area (Å²) < 4.78 is 13.6. The monoisotopic (exact) mass is 500 g/mol. The predicted molar refractivity (Wildman–Crippen MR) is 145 cm³/mol. The van der Waals surface area contributed by atoms with Gasteiger partial charge in [0.15, 0.2) is 0 Å². The Kier molecular flexibility index (Phi) is 9.47. The zero-order valence-electron chi connectivity index (χ0n) is 21.7. The van der Waals surface area contributed by atoms with E-state index in [-0.39, 0.29) is 30.2 Å². The number of rotatable bonds is 11. The third kappa shape index (κ3) is 7.75. The Labute approximate surface area is 219 Å². The van der Waals surface area contributed by atoms with Gasteiger partial charge in [-0.15, -0.1) is 0 Å². The number of nitrogens with zero attached hydrogens (tertiary/aromatic N) is 1. The molecule has 1 unspecified atom stereocenters. The molecule has 0 saturated heterocycles. The fourth-order valence-electron chi connectivity index (χ4n) is 5.04. The lowest BCUT2D eigenvalue weighted by Crippen LogP contribution is -2.52. The molecule has 2 amide bonds. The van der Waals surface area contributed by atoms with E-state index in [0.29, 0.717) is 19.3 Å². The average molecular weight is 501 g/mol. The second kappa shape index (κ2) is 13.2. The summed E-state index contributed by atoms with van der Waals surface area (Å²) in [7, 11) is 0. The van der Waals surface area contributed by atoms with Gasteiger partial charge in [0.2, 0.25) is 11.8 Å². The first kappa shape index (κ1) is 26.6. The molecule has 4 nitrogen and oxygen atoms in total. The van der Waals surface area contributed by atoms with E-state index >= 15 is 0 Å². The van der Waals surface area contributed by atoms with Crippen LogP contribution in [0.1, 0.15) is 61.3 Å². The SMILES string of the molecule is CCc1ccc(CCC(=O)N(Cc2ccc(F)cc2)C(Cc2ccccc2)C(=O)NC2CCCC2)cc1. The third-order valence-corrected chi connectivity index (χ3v) is 7.30. The molecule has 0 spiro atoms. The zero-order valence-corrected chi connectivity index (χ0v) is 21.7. The highest BCUT2D eigenvalue weighted by Crippen LogP contribution is 2.21. The molecule has 4 rings (SSSR count). The number of hydrogen-bond acceptors (Lipinski definition) is 2. The van der Waals surface area contributed by atoms with Crippen LogP contribution in [0.3, 0.4) is 0 Å². The standard InChI is InChI=1S/C32H37FN2O2/c1-2-24-12-14-25(15-13-24)18-21-31(36)35(23-27-16-19-28(33)20-17-27)30(22-26-8-4-3-5-9-26)32(37)34-29-10-6-7-11-29/h3-5,8-9,12-17,19-20,29-30H,2,6-7,10-11,18,21-23H2,1H3,(H,34,37). The van der Waals surface area contributed by atoms with Crippen molar-refractivity contribution in [2.24, 2.45) is 0 Å². The highest BCUT2D eigenvalue weighted by Gasteiger charge is 2.32. The van der Waals surface area contributed by atoms with E-state index in [9.17, 15) is 14.0 Å². The Morgan fingerprint density at radius 3 is 2.14 bits per heavy atom. The Hall–Kier alpha value is -3.47. The first-order valence-electron chi connectivity index (χ1n) is 13.5. The molecular formula is C32H37FN2O2. The zero-order chi connectivity index (χ0) is 26.0. The largest absolute Gasteiger partial charge is 0.352 e. The summed E-state index contributed by atoms with van der Waals surface area (Å²) in [6, 6.07) is 23.9. The summed E-state index contributed by atoms with van der Waals surface area (Å²) in [5.74, 6) is -0.512. The van der Waals surface area contributed by atoms with Gasteiger partial charge in [0, 0.05) is 25.4 Å². The number of carbonyl (C=O) groups excluding carboxylic acids is 2. The van der Waals surface area contributed by atoms with E-state index < -0.39 is 6.04 Å². The molecule has 37 heavy (non-hydrogen) atoms. The molecule has 3 aromatic rings. The second-order valence-corrected chi connectivity index (χ2v) is 10.0. The first-order chi connectivity index (χ1) is 18.0. The molecule has 194 valence electrons. The van der Waals surface area contributed by atoms with E-state index in [1.165, 1.54) is 17.7 Å². The van der Waals surface area contributed by atoms with Gasteiger partial charge >= 0.3 is 0 Å². The molecule has 1 fully saturated rings. The first-order valence-corrected chi connectivity index (χ1v) is 13.5. The number of halogens is 1. The van der Waals surface area contributed by atoms with Crippen molar-refractivity contribution >= 4 is 11.8 Å². The summed E-state index contributed by atoms with van der Waals surface area (Å²) in [5.41, 5.74) is 4.16. The Balaban J connectivity index is 1.58. The molecule has 3 aromatic carbocycles. The van der Waals surface area contributed by atoms with Crippen molar-refractivity contribution in [1.82, 2.24) is 10.2 Å². The highest BCUT2D eigenvalue weighted by atomic mass is 19.1. The van der Waals surface area contributed by atoms with Crippen molar-refractivity contribution in [2.75, 3.05) is 0 Å². The molecule has 1 N–H and O–H groups in total. The molecule has 1 aliphatic carbocycles. The minimum Gasteiger partial charge on any atom is -0.352 e. The van der Waals surface area contributed by atoms with Crippen LogP contribution in [0.2, 0.25) is 0 Å². The smallest absolute Gasteiger partial charge is 0.243 e. The molecular weight excluding hydrogens is 463 g/mol. The summed E-state index contributed by atoms with van der Waals surface area (Å²) in [6.07, 6.45) is 6.48. The van der Waals surface area contributed by atoms with Crippen LogP contribution in [0.5, 0.6) is 0 Å². The highest BCUT2D eigenvalue weighted by molar-refractivity contribution is 5.88. The molecule has 0 bridgehead atoms. The van der Waals surface area contributed by atoms with Crippen molar-refractivity contribution in [2.45, 2.75) is 76.9 Å². The molecule has 1 saturated carbocycles. The van der Waals surface area contributed by atoms with Crippen LogP contribution in [0.4, 0.5) is 4.39 Å². The minimum atomic E-state index is -0.650. The van der Waals surface area contributed by atoms with Gasteiger partial charge in [0.25, 0.3) is 0 Å². The van der Waals surface area contributed by atoms with Crippen molar-refractivity contribution < 1.29 is 14.0 Å². The molecule has 1 aliphatic rings. The number of hydrogen-bond donors (Lipinski definition) is 1. The molecule has 5 heteroatoms. The third-order valence-electron chi connectivity index (χ3n) is 7.30. The average Bonchev–Trinajstić information content (AvgIpc) is 3.44. The Bertz CT molecular complexity index is 1140. The number of nitrogens with one attached hydrogen (secondary N) is 1.